The van der Waals surface area contributed by atoms with Crippen LogP contribution in [0.5, 0.6) is 0 Å². The highest BCUT2D eigenvalue weighted by Crippen LogP contribution is 2.45. The van der Waals surface area contributed by atoms with Crippen LogP contribution in [0.3, 0.4) is 0 Å². The topological polar surface area (TPSA) is 29.3 Å². The molecule has 1 unspecified atom stereocenters. The molecule has 1 N–H and O–H groups in total. The van der Waals surface area contributed by atoms with Crippen molar-refractivity contribution in [2.45, 2.75) is 6.17 Å². The molecule has 0 aliphatic carbocycles. The molecule has 1 aliphatic heterocycles. The molecule has 272 valence electrons. The van der Waals surface area contributed by atoms with Crippen molar-refractivity contribution in [3.63, 3.8) is 0 Å². The third kappa shape index (κ3) is 4.86. The van der Waals surface area contributed by atoms with Crippen molar-refractivity contribution < 1.29 is 0 Å². The minimum absolute atomic E-state index is 0.174. The van der Waals surface area contributed by atoms with Gasteiger partial charge in [-0.2, -0.15) is 0 Å². The Kier molecular flexibility index (Phi) is 6.99. The molecule has 8 aromatic carbocycles. The van der Waals surface area contributed by atoms with Crippen LogP contribution in [-0.4, -0.2) is 10.3 Å². The number of benzene rings is 8. The molecule has 0 radical (unpaired) electrons. The van der Waals surface area contributed by atoms with Gasteiger partial charge in [0.2, 0.25) is 0 Å². The van der Waals surface area contributed by atoms with Crippen LogP contribution in [0.1, 0.15) is 22.9 Å². The van der Waals surface area contributed by atoms with Crippen LogP contribution >= 0.6 is 34.0 Å². The van der Waals surface area contributed by atoms with Crippen LogP contribution in [0.15, 0.2) is 181 Å². The highest BCUT2D eigenvalue weighted by Gasteiger charge is 2.27. The number of anilines is 1. The SMILES string of the molecule is c1ccc(C2=NC(c3ccc4c(c3)sc3ccc(-c5ccc6c(c5)sc5cc(-n7c8ccccc8c8ccccc87)ccc56)cc34)Nc3sc4ccccc4c32)cc1. The largest absolute Gasteiger partial charge is 0.351 e. The highest BCUT2D eigenvalue weighted by atomic mass is 32.1. The van der Waals surface area contributed by atoms with E-state index in [2.05, 4.69) is 186 Å². The third-order valence-corrected chi connectivity index (χ3v) is 15.2. The maximum absolute atomic E-state index is 5.40. The molecule has 0 bridgehead atoms. The van der Waals surface area contributed by atoms with Gasteiger partial charge < -0.3 is 9.88 Å². The minimum atomic E-state index is -0.174. The van der Waals surface area contributed by atoms with Crippen molar-refractivity contribution in [2.24, 2.45) is 4.99 Å². The molecule has 1 aliphatic rings. The Morgan fingerprint density at radius 1 is 0.414 bits per heavy atom. The second kappa shape index (κ2) is 12.5. The van der Waals surface area contributed by atoms with Crippen molar-refractivity contribution in [1.82, 2.24) is 4.57 Å². The number of aliphatic imine (C=N–C) groups is 1. The number of thiophene rings is 3. The lowest BCUT2D eigenvalue weighted by Crippen LogP contribution is -2.19. The van der Waals surface area contributed by atoms with Gasteiger partial charge in [-0.3, -0.25) is 4.99 Å². The van der Waals surface area contributed by atoms with Crippen molar-refractivity contribution in [3.05, 3.63) is 193 Å². The first-order chi connectivity index (χ1) is 28.7. The summed E-state index contributed by atoms with van der Waals surface area (Å²) in [5, 5.41) is 14.0. The Labute approximate surface area is 345 Å². The fourth-order valence-electron chi connectivity index (χ4n) is 9.13. The Morgan fingerprint density at radius 3 is 1.84 bits per heavy atom. The van der Waals surface area contributed by atoms with E-state index in [0.717, 1.165) is 11.3 Å². The first kappa shape index (κ1) is 32.5. The molecule has 3 nitrogen and oxygen atoms in total. The summed E-state index contributed by atoms with van der Waals surface area (Å²) in [4.78, 5) is 5.40. The molecule has 0 amide bonds. The van der Waals surface area contributed by atoms with Gasteiger partial charge >= 0.3 is 0 Å². The van der Waals surface area contributed by atoms with Crippen LogP contribution in [0.2, 0.25) is 0 Å². The number of nitrogens with one attached hydrogen (secondary N) is 1. The molecule has 0 saturated carbocycles. The molecule has 13 rings (SSSR count). The second-order valence-electron chi connectivity index (χ2n) is 15.1. The standard InChI is InChI=1S/C52H31N3S3/c1-2-10-30(11-3-1)50-49-40-14-6-9-17-44(40)58-52(49)54-51(53-50)33-19-23-39-41-26-31(20-25-45(41)56-47(39)28-33)32-18-22-37-38-24-21-34(29-48(38)57-46(37)27-32)55-42-15-7-4-12-35(42)36-13-5-8-16-43(36)55/h1-29,51,54H. The van der Waals surface area contributed by atoms with Gasteiger partial charge in [-0.05, 0) is 71.3 Å². The molecule has 1 atom stereocenters. The fourth-order valence-corrected chi connectivity index (χ4v) is 12.6. The molecular formula is C52H31N3S3. The van der Waals surface area contributed by atoms with Crippen molar-refractivity contribution >= 4 is 117 Å². The molecule has 0 fully saturated rings. The van der Waals surface area contributed by atoms with Crippen LogP contribution in [-0.2, 0) is 0 Å². The summed E-state index contributed by atoms with van der Waals surface area (Å²) in [6.45, 7) is 0. The summed E-state index contributed by atoms with van der Waals surface area (Å²) in [6, 6.07) is 64.6. The van der Waals surface area contributed by atoms with Crippen LogP contribution in [0, 0.1) is 0 Å². The van der Waals surface area contributed by atoms with Gasteiger partial charge in [0, 0.05) is 78.0 Å². The summed E-state index contributed by atoms with van der Waals surface area (Å²) >= 11 is 5.56. The van der Waals surface area contributed by atoms with E-state index >= 15 is 0 Å². The summed E-state index contributed by atoms with van der Waals surface area (Å²) in [5.41, 5.74) is 10.7. The zero-order valence-electron chi connectivity index (χ0n) is 30.9. The van der Waals surface area contributed by atoms with E-state index in [-0.39, 0.29) is 6.17 Å². The first-order valence-electron chi connectivity index (χ1n) is 19.5. The number of hydrogen-bond acceptors (Lipinski definition) is 5. The molecule has 12 aromatic rings. The normalized spacial score (nSPS) is 14.3. The van der Waals surface area contributed by atoms with Gasteiger partial charge in [0.15, 0.2) is 0 Å². The van der Waals surface area contributed by atoms with Gasteiger partial charge in [0.25, 0.3) is 0 Å². The minimum Gasteiger partial charge on any atom is -0.351 e. The van der Waals surface area contributed by atoms with Gasteiger partial charge in [0.1, 0.15) is 11.2 Å². The van der Waals surface area contributed by atoms with Gasteiger partial charge in [-0.15, -0.1) is 34.0 Å². The van der Waals surface area contributed by atoms with E-state index in [1.165, 1.54) is 105 Å². The van der Waals surface area contributed by atoms with Crippen molar-refractivity contribution in [1.29, 1.82) is 0 Å². The number of hydrogen-bond donors (Lipinski definition) is 1. The van der Waals surface area contributed by atoms with E-state index in [9.17, 15) is 0 Å². The molecular weight excluding hydrogens is 763 g/mol. The Morgan fingerprint density at radius 2 is 1.02 bits per heavy atom. The smallest absolute Gasteiger partial charge is 0.146 e. The van der Waals surface area contributed by atoms with E-state index in [0.29, 0.717) is 0 Å². The maximum Gasteiger partial charge on any atom is 0.146 e. The van der Waals surface area contributed by atoms with E-state index in [4.69, 9.17) is 4.99 Å². The Hall–Kier alpha value is -6.57. The lowest BCUT2D eigenvalue weighted by atomic mass is 9.98. The number of fused-ring (bicyclic) bond motifs is 12. The molecule has 4 aromatic heterocycles. The zero-order valence-corrected chi connectivity index (χ0v) is 33.4. The molecule has 0 saturated heterocycles. The van der Waals surface area contributed by atoms with Crippen LogP contribution in [0.25, 0.3) is 89.1 Å². The predicted molar refractivity (Wildman–Crippen MR) is 252 cm³/mol. The number of rotatable bonds is 4. The zero-order chi connectivity index (χ0) is 37.9. The summed E-state index contributed by atoms with van der Waals surface area (Å²) in [5.74, 6) is 0. The molecule has 6 heteroatoms. The first-order valence-corrected chi connectivity index (χ1v) is 22.0. The molecule has 58 heavy (non-hydrogen) atoms. The third-order valence-electron chi connectivity index (χ3n) is 11.8. The van der Waals surface area contributed by atoms with Gasteiger partial charge in [0.05, 0.1) is 16.7 Å². The lowest BCUT2D eigenvalue weighted by Gasteiger charge is -2.24. The summed E-state index contributed by atoms with van der Waals surface area (Å²) in [6.07, 6.45) is -0.174. The fraction of sp³-hybridized carbons (Fsp3) is 0.0192. The van der Waals surface area contributed by atoms with E-state index in [1.807, 2.05) is 34.0 Å². The van der Waals surface area contributed by atoms with Crippen molar-refractivity contribution in [3.8, 4) is 16.8 Å². The van der Waals surface area contributed by atoms with Crippen LogP contribution < -0.4 is 5.32 Å². The van der Waals surface area contributed by atoms with E-state index < -0.39 is 0 Å². The lowest BCUT2D eigenvalue weighted by molar-refractivity contribution is 0.836. The number of nitrogens with zero attached hydrogens (tertiary/aromatic N) is 2. The molecule has 5 heterocycles. The summed E-state index contributed by atoms with van der Waals surface area (Å²) < 4.78 is 8.88. The second-order valence-corrected chi connectivity index (χ2v) is 18.3. The predicted octanol–water partition coefficient (Wildman–Crippen LogP) is 15.4. The quantitative estimate of drug-likeness (QED) is 0.189. The monoisotopic (exact) mass is 793 g/mol. The van der Waals surface area contributed by atoms with E-state index in [1.54, 1.807) is 0 Å². The highest BCUT2D eigenvalue weighted by molar-refractivity contribution is 7.26. The molecule has 0 spiro atoms. The van der Waals surface area contributed by atoms with Crippen molar-refractivity contribution in [2.75, 3.05) is 5.32 Å². The van der Waals surface area contributed by atoms with Gasteiger partial charge in [-0.25, -0.2) is 0 Å². The Balaban J connectivity index is 0.867. The maximum atomic E-state index is 5.40. The number of aromatic nitrogens is 1. The Bertz CT molecular complexity index is 3620. The summed E-state index contributed by atoms with van der Waals surface area (Å²) in [7, 11) is 0. The van der Waals surface area contributed by atoms with Crippen LogP contribution in [0.4, 0.5) is 5.00 Å². The number of para-hydroxylation sites is 2. The average molecular weight is 794 g/mol. The van der Waals surface area contributed by atoms with Gasteiger partial charge in [-0.1, -0.05) is 121 Å². The average Bonchev–Trinajstić information content (AvgIpc) is 4.04.